The van der Waals surface area contributed by atoms with Gasteiger partial charge in [-0.2, -0.15) is 0 Å². The first kappa shape index (κ1) is 15.0. The first-order valence-electron chi connectivity index (χ1n) is 7.00. The van der Waals surface area contributed by atoms with Crippen LogP contribution in [0.25, 0.3) is 0 Å². The van der Waals surface area contributed by atoms with Crippen LogP contribution in [0.15, 0.2) is 83.8 Å². The fourth-order valence-electron chi connectivity index (χ4n) is 2.01. The molecule has 0 aliphatic heterocycles. The lowest BCUT2D eigenvalue weighted by Gasteiger charge is -2.08. The van der Waals surface area contributed by atoms with Crippen molar-refractivity contribution in [2.75, 3.05) is 0 Å². The highest BCUT2D eigenvalue weighted by molar-refractivity contribution is 7.98. The van der Waals surface area contributed by atoms with Gasteiger partial charge in [-0.3, -0.25) is 0 Å². The summed E-state index contributed by atoms with van der Waals surface area (Å²) in [5.74, 6) is 2.57. The monoisotopic (exact) mass is 326 g/mol. The van der Waals surface area contributed by atoms with E-state index in [1.54, 1.807) is 11.8 Å². The number of rotatable bonds is 5. The Bertz CT molecular complexity index is 726. The molecule has 1 nitrogen and oxygen atoms in total. The minimum absolute atomic E-state index is 0.708. The van der Waals surface area contributed by atoms with Gasteiger partial charge >= 0.3 is 0 Å². The zero-order valence-electron chi connectivity index (χ0n) is 11.9. The van der Waals surface area contributed by atoms with E-state index < -0.39 is 0 Å². The minimum Gasteiger partial charge on any atom is -0.457 e. The summed E-state index contributed by atoms with van der Waals surface area (Å²) in [7, 11) is 0. The van der Waals surface area contributed by atoms with Gasteiger partial charge in [-0.15, -0.1) is 11.8 Å². The van der Waals surface area contributed by atoms with Crippen LogP contribution in [-0.4, -0.2) is 0 Å². The fourth-order valence-corrected chi connectivity index (χ4v) is 3.03. The van der Waals surface area contributed by atoms with Crippen LogP contribution in [0, 0.1) is 0 Å². The third-order valence-corrected chi connectivity index (χ3v) is 4.42. The molecular weight excluding hydrogens is 312 g/mol. The number of hydrogen-bond acceptors (Lipinski definition) is 2. The number of hydrogen-bond donors (Lipinski definition) is 0. The van der Waals surface area contributed by atoms with Gasteiger partial charge in [0.15, 0.2) is 0 Å². The lowest BCUT2D eigenvalue weighted by Crippen LogP contribution is -1.85. The molecule has 0 aliphatic rings. The summed E-state index contributed by atoms with van der Waals surface area (Å²) in [5.41, 5.74) is 1.32. The van der Waals surface area contributed by atoms with Gasteiger partial charge < -0.3 is 4.74 Å². The molecule has 0 bridgehead atoms. The van der Waals surface area contributed by atoms with Crippen molar-refractivity contribution in [2.45, 2.75) is 10.6 Å². The quantitative estimate of drug-likeness (QED) is 0.500. The molecule has 0 heterocycles. The Hall–Kier alpha value is -1.90. The van der Waals surface area contributed by atoms with Crippen LogP contribution in [-0.2, 0) is 5.75 Å². The van der Waals surface area contributed by atoms with Crippen LogP contribution in [0.2, 0.25) is 5.02 Å². The van der Waals surface area contributed by atoms with Crippen molar-refractivity contribution in [3.8, 4) is 11.5 Å². The summed E-state index contributed by atoms with van der Waals surface area (Å²) < 4.78 is 5.85. The van der Waals surface area contributed by atoms with Crippen LogP contribution in [0.5, 0.6) is 11.5 Å². The number of thioether (sulfide) groups is 1. The van der Waals surface area contributed by atoms with E-state index in [4.69, 9.17) is 16.3 Å². The topological polar surface area (TPSA) is 9.23 Å². The van der Waals surface area contributed by atoms with Crippen LogP contribution in [0.1, 0.15) is 5.56 Å². The minimum atomic E-state index is 0.708. The van der Waals surface area contributed by atoms with Crippen molar-refractivity contribution in [1.82, 2.24) is 0 Å². The van der Waals surface area contributed by atoms with Gasteiger partial charge in [0.05, 0.1) is 0 Å². The Morgan fingerprint density at radius 1 is 0.773 bits per heavy atom. The summed E-state index contributed by atoms with van der Waals surface area (Å²) in [6.07, 6.45) is 0. The predicted octanol–water partition coefficient (Wildman–Crippen LogP) is 6.42. The summed E-state index contributed by atoms with van der Waals surface area (Å²) in [6, 6.07) is 26.0. The number of ether oxygens (including phenoxy) is 1. The lowest BCUT2D eigenvalue weighted by molar-refractivity contribution is 0.481. The number of benzene rings is 3. The second kappa shape index (κ2) is 7.39. The van der Waals surface area contributed by atoms with E-state index in [1.165, 1.54) is 10.5 Å². The van der Waals surface area contributed by atoms with Gasteiger partial charge in [0.25, 0.3) is 0 Å². The molecule has 3 aromatic carbocycles. The molecule has 0 aliphatic carbocycles. The van der Waals surface area contributed by atoms with Gasteiger partial charge in [0.2, 0.25) is 0 Å². The Morgan fingerprint density at radius 3 is 2.32 bits per heavy atom. The molecular formula is C19H15ClOS. The van der Waals surface area contributed by atoms with E-state index in [9.17, 15) is 0 Å². The maximum absolute atomic E-state index is 5.88. The van der Waals surface area contributed by atoms with Crippen molar-refractivity contribution in [3.63, 3.8) is 0 Å². The summed E-state index contributed by atoms with van der Waals surface area (Å²) in [6.45, 7) is 0. The molecule has 0 fully saturated rings. The Balaban J connectivity index is 1.66. The smallest absolute Gasteiger partial charge is 0.128 e. The van der Waals surface area contributed by atoms with Crippen molar-refractivity contribution >= 4 is 23.4 Å². The molecule has 0 spiro atoms. The van der Waals surface area contributed by atoms with E-state index in [2.05, 4.69) is 36.4 Å². The highest BCUT2D eigenvalue weighted by atomic mass is 35.5. The standard InChI is InChI=1S/C19H15ClOS/c20-16-9-11-17(12-10-16)21-18-7-4-8-19(13-18)22-14-15-5-2-1-3-6-15/h1-13H,14H2. The molecule has 0 atom stereocenters. The Kier molecular flexibility index (Phi) is 5.04. The highest BCUT2D eigenvalue weighted by Gasteiger charge is 2.01. The third kappa shape index (κ3) is 4.30. The molecule has 110 valence electrons. The molecule has 3 rings (SSSR count). The average Bonchev–Trinajstić information content (AvgIpc) is 2.57. The summed E-state index contributed by atoms with van der Waals surface area (Å²) in [5, 5.41) is 0.708. The third-order valence-electron chi connectivity index (χ3n) is 3.10. The molecule has 0 N–H and O–H groups in total. The molecule has 0 amide bonds. The van der Waals surface area contributed by atoms with E-state index in [-0.39, 0.29) is 0 Å². The van der Waals surface area contributed by atoms with Gasteiger partial charge in [0, 0.05) is 15.7 Å². The molecule has 0 saturated carbocycles. The van der Waals surface area contributed by atoms with E-state index in [1.807, 2.05) is 42.5 Å². The normalized spacial score (nSPS) is 10.4. The molecule has 0 saturated heterocycles. The molecule has 3 aromatic rings. The predicted molar refractivity (Wildman–Crippen MR) is 94.0 cm³/mol. The first-order valence-corrected chi connectivity index (χ1v) is 8.36. The van der Waals surface area contributed by atoms with Gasteiger partial charge in [-0.25, -0.2) is 0 Å². The van der Waals surface area contributed by atoms with Gasteiger partial charge in [-0.05, 0) is 48.0 Å². The number of halogens is 1. The lowest BCUT2D eigenvalue weighted by atomic mass is 10.2. The van der Waals surface area contributed by atoms with Crippen LogP contribution >= 0.6 is 23.4 Å². The molecule has 0 radical (unpaired) electrons. The maximum atomic E-state index is 5.88. The largest absolute Gasteiger partial charge is 0.457 e. The second-order valence-corrected chi connectivity index (χ2v) is 6.29. The molecule has 0 unspecified atom stereocenters. The second-order valence-electron chi connectivity index (χ2n) is 4.81. The van der Waals surface area contributed by atoms with E-state index in [0.29, 0.717) is 5.02 Å². The van der Waals surface area contributed by atoms with Crippen molar-refractivity contribution in [2.24, 2.45) is 0 Å². The molecule has 0 aromatic heterocycles. The van der Waals surface area contributed by atoms with E-state index >= 15 is 0 Å². The maximum Gasteiger partial charge on any atom is 0.128 e. The van der Waals surface area contributed by atoms with Crippen molar-refractivity contribution < 1.29 is 4.74 Å². The van der Waals surface area contributed by atoms with E-state index in [0.717, 1.165) is 17.3 Å². The zero-order chi connectivity index (χ0) is 15.2. The molecule has 22 heavy (non-hydrogen) atoms. The zero-order valence-corrected chi connectivity index (χ0v) is 13.5. The molecule has 3 heteroatoms. The van der Waals surface area contributed by atoms with Crippen LogP contribution in [0.3, 0.4) is 0 Å². The Morgan fingerprint density at radius 2 is 1.55 bits per heavy atom. The van der Waals surface area contributed by atoms with Crippen molar-refractivity contribution in [3.05, 3.63) is 89.4 Å². The average molecular weight is 327 g/mol. The van der Waals surface area contributed by atoms with Crippen LogP contribution in [0.4, 0.5) is 0 Å². The van der Waals surface area contributed by atoms with Crippen LogP contribution < -0.4 is 4.74 Å². The SMILES string of the molecule is Clc1ccc(Oc2cccc(SCc3ccccc3)c2)cc1. The first-order chi connectivity index (χ1) is 10.8. The van der Waals surface area contributed by atoms with Gasteiger partial charge in [0.1, 0.15) is 11.5 Å². The Labute approximate surface area is 139 Å². The fraction of sp³-hybridized carbons (Fsp3) is 0.0526. The highest BCUT2D eigenvalue weighted by Crippen LogP contribution is 2.29. The van der Waals surface area contributed by atoms with Crippen molar-refractivity contribution in [1.29, 1.82) is 0 Å². The van der Waals surface area contributed by atoms with Gasteiger partial charge in [-0.1, -0.05) is 48.0 Å². The summed E-state index contributed by atoms with van der Waals surface area (Å²) >= 11 is 7.68. The summed E-state index contributed by atoms with van der Waals surface area (Å²) in [4.78, 5) is 1.19.